The van der Waals surface area contributed by atoms with Crippen LogP contribution in [0.15, 0.2) is 53.7 Å². The van der Waals surface area contributed by atoms with Crippen molar-refractivity contribution in [3.8, 4) is 11.5 Å². The number of amides is 2. The minimum absolute atomic E-state index is 0.0192. The first-order valence-corrected chi connectivity index (χ1v) is 8.49. The van der Waals surface area contributed by atoms with Gasteiger partial charge in [-0.3, -0.25) is 9.59 Å². The predicted octanol–water partition coefficient (Wildman–Crippen LogP) is 1.42. The Morgan fingerprint density at radius 2 is 2.15 bits per heavy atom. The fourth-order valence-corrected chi connectivity index (χ4v) is 3.24. The summed E-state index contributed by atoms with van der Waals surface area (Å²) < 4.78 is 11.5. The van der Waals surface area contributed by atoms with Crippen LogP contribution in [0.2, 0.25) is 0 Å². The van der Waals surface area contributed by atoms with Gasteiger partial charge in [-0.25, -0.2) is 0 Å². The smallest absolute Gasteiger partial charge is 0.250 e. The van der Waals surface area contributed by atoms with Gasteiger partial charge in [-0.1, -0.05) is 18.2 Å². The Balaban J connectivity index is 1.44. The number of nitrogens with zero attached hydrogens (tertiary/aromatic N) is 2. The number of aliphatic imine (C=N–C) groups is 1. The lowest BCUT2D eigenvalue weighted by Crippen LogP contribution is -2.60. The van der Waals surface area contributed by atoms with E-state index in [0.29, 0.717) is 23.9 Å². The molecular weight excluding hydrogens is 334 g/mol. The van der Waals surface area contributed by atoms with Crippen LogP contribution in [0.5, 0.6) is 11.5 Å². The first kappa shape index (κ1) is 16.4. The molecule has 7 heteroatoms. The van der Waals surface area contributed by atoms with E-state index in [1.54, 1.807) is 30.2 Å². The van der Waals surface area contributed by atoms with Gasteiger partial charge < -0.3 is 19.7 Å². The van der Waals surface area contributed by atoms with Crippen molar-refractivity contribution < 1.29 is 19.1 Å². The zero-order valence-corrected chi connectivity index (χ0v) is 14.3. The predicted molar refractivity (Wildman–Crippen MR) is 94.9 cm³/mol. The number of hydrogen-bond acceptors (Lipinski definition) is 5. The molecule has 0 saturated heterocycles. The van der Waals surface area contributed by atoms with E-state index in [2.05, 4.69) is 10.3 Å². The van der Waals surface area contributed by atoms with Crippen LogP contribution in [-0.2, 0) is 9.59 Å². The number of hydrogen-bond donors (Lipinski definition) is 1. The number of benzene rings is 1. The van der Waals surface area contributed by atoms with Crippen LogP contribution < -0.4 is 14.8 Å². The van der Waals surface area contributed by atoms with Crippen molar-refractivity contribution in [2.45, 2.75) is 25.0 Å². The second kappa shape index (κ2) is 6.33. The molecule has 0 aromatic heterocycles. The molecule has 2 unspecified atom stereocenters. The molecule has 0 fully saturated rings. The van der Waals surface area contributed by atoms with Crippen LogP contribution in [0.1, 0.15) is 13.3 Å². The number of allylic oxidation sites excluding steroid dienone is 2. The van der Waals surface area contributed by atoms with Gasteiger partial charge in [-0.05, 0) is 31.2 Å². The third-order valence-electron chi connectivity index (χ3n) is 4.65. The van der Waals surface area contributed by atoms with Gasteiger partial charge in [-0.15, -0.1) is 0 Å². The summed E-state index contributed by atoms with van der Waals surface area (Å²) in [5.41, 5.74) is -1.02. The fourth-order valence-electron chi connectivity index (χ4n) is 3.24. The maximum atomic E-state index is 12.9. The molecule has 3 aliphatic heterocycles. The second-order valence-corrected chi connectivity index (χ2v) is 6.59. The molecule has 3 heterocycles. The van der Waals surface area contributed by atoms with Gasteiger partial charge >= 0.3 is 0 Å². The molecule has 1 N–H and O–H groups in total. The molecule has 7 nitrogen and oxygen atoms in total. The molecule has 4 rings (SSSR count). The molecule has 2 amide bonds. The number of ether oxygens (including phenoxy) is 2. The molecule has 0 saturated carbocycles. The van der Waals surface area contributed by atoms with E-state index in [1.807, 2.05) is 30.3 Å². The zero-order valence-electron chi connectivity index (χ0n) is 14.3. The monoisotopic (exact) mass is 353 g/mol. The van der Waals surface area contributed by atoms with Crippen molar-refractivity contribution in [1.82, 2.24) is 10.2 Å². The number of rotatable bonds is 3. The van der Waals surface area contributed by atoms with Crippen molar-refractivity contribution in [2.75, 3.05) is 13.2 Å². The minimum Gasteiger partial charge on any atom is -0.486 e. The van der Waals surface area contributed by atoms with E-state index in [0.717, 1.165) is 0 Å². The van der Waals surface area contributed by atoms with Crippen molar-refractivity contribution >= 4 is 17.6 Å². The maximum Gasteiger partial charge on any atom is 0.250 e. The normalized spacial score (nSPS) is 26.2. The maximum absolute atomic E-state index is 12.9. The Kier molecular flexibility index (Phi) is 3.99. The average Bonchev–Trinajstić information content (AvgIpc) is 2.65. The summed E-state index contributed by atoms with van der Waals surface area (Å²) in [7, 11) is 0. The Labute approximate surface area is 151 Å². The lowest BCUT2D eigenvalue weighted by atomic mass is 9.91. The highest BCUT2D eigenvalue weighted by Gasteiger charge is 2.45. The molecule has 1 aromatic rings. The molecule has 0 aliphatic carbocycles. The third kappa shape index (κ3) is 2.85. The number of para-hydroxylation sites is 2. The van der Waals surface area contributed by atoms with Crippen LogP contribution in [0, 0.1) is 0 Å². The van der Waals surface area contributed by atoms with Gasteiger partial charge in [0.1, 0.15) is 24.1 Å². The summed E-state index contributed by atoms with van der Waals surface area (Å²) >= 11 is 0. The van der Waals surface area contributed by atoms with Crippen molar-refractivity contribution in [3.63, 3.8) is 0 Å². The summed E-state index contributed by atoms with van der Waals surface area (Å²) in [5.74, 6) is 1.29. The topological polar surface area (TPSA) is 80.2 Å². The van der Waals surface area contributed by atoms with E-state index in [-0.39, 0.29) is 30.9 Å². The molecule has 0 radical (unpaired) electrons. The summed E-state index contributed by atoms with van der Waals surface area (Å²) in [6, 6.07) is 7.42. The van der Waals surface area contributed by atoms with Crippen molar-refractivity contribution in [2.24, 2.45) is 4.99 Å². The lowest BCUT2D eigenvalue weighted by molar-refractivity contribution is -0.135. The average molecular weight is 353 g/mol. The van der Waals surface area contributed by atoms with Gasteiger partial charge in [0.15, 0.2) is 11.5 Å². The summed E-state index contributed by atoms with van der Waals surface area (Å²) in [6.07, 6.45) is 6.82. The van der Waals surface area contributed by atoms with E-state index >= 15 is 0 Å². The van der Waals surface area contributed by atoms with Gasteiger partial charge in [0, 0.05) is 6.20 Å². The van der Waals surface area contributed by atoms with E-state index in [4.69, 9.17) is 9.47 Å². The van der Waals surface area contributed by atoms with Crippen LogP contribution in [0.4, 0.5) is 0 Å². The summed E-state index contributed by atoms with van der Waals surface area (Å²) in [4.78, 5) is 30.6. The molecular formula is C19H19N3O4. The lowest BCUT2D eigenvalue weighted by Gasteiger charge is -2.41. The van der Waals surface area contributed by atoms with Gasteiger partial charge in [-0.2, -0.15) is 4.99 Å². The number of fused-ring (bicyclic) bond motifs is 2. The van der Waals surface area contributed by atoms with Gasteiger partial charge in [0.05, 0.1) is 13.0 Å². The number of carbonyl (C=O) groups is 2. The first-order valence-electron chi connectivity index (χ1n) is 8.49. The Morgan fingerprint density at radius 1 is 1.35 bits per heavy atom. The molecule has 2 atom stereocenters. The summed E-state index contributed by atoms with van der Waals surface area (Å²) in [5, 5.41) is 2.90. The second-order valence-electron chi connectivity index (χ2n) is 6.59. The summed E-state index contributed by atoms with van der Waals surface area (Å²) in [6.45, 7) is 2.38. The molecule has 1 aromatic carbocycles. The highest BCUT2D eigenvalue weighted by Crippen LogP contribution is 2.31. The number of carbonyl (C=O) groups excluding carboxylic acids is 2. The molecule has 0 bridgehead atoms. The fraction of sp³-hybridized carbons (Fsp3) is 0.316. The van der Waals surface area contributed by atoms with E-state index in [1.165, 1.54) is 0 Å². The largest absolute Gasteiger partial charge is 0.486 e. The van der Waals surface area contributed by atoms with Gasteiger partial charge in [0.25, 0.3) is 5.91 Å². The molecule has 134 valence electrons. The Morgan fingerprint density at radius 3 is 3.00 bits per heavy atom. The van der Waals surface area contributed by atoms with E-state index < -0.39 is 5.54 Å². The standard InChI is InChI=1S/C19H19N3O4/c1-19(10-17(23)21-16-8-4-5-9-22(16)19)18(24)20-11-13-12-25-14-6-2-3-7-15(14)26-13/h2-9,13H,10-12H2,1H3,(H,20,24). The van der Waals surface area contributed by atoms with E-state index in [9.17, 15) is 9.59 Å². The number of nitrogens with one attached hydrogen (secondary N) is 1. The third-order valence-corrected chi connectivity index (χ3v) is 4.65. The van der Waals surface area contributed by atoms with Crippen molar-refractivity contribution in [3.05, 3.63) is 48.7 Å². The minimum atomic E-state index is -1.02. The Hall–Kier alpha value is -3.09. The first-order chi connectivity index (χ1) is 12.6. The highest BCUT2D eigenvalue weighted by molar-refractivity contribution is 6.09. The SMILES string of the molecule is CC1(C(=O)NCC2COc3ccccc3O2)CC(=O)N=C2C=CC=CN21. The van der Waals surface area contributed by atoms with Crippen LogP contribution in [-0.4, -0.2) is 47.3 Å². The highest BCUT2D eigenvalue weighted by atomic mass is 16.6. The quantitative estimate of drug-likeness (QED) is 0.889. The zero-order chi connectivity index (χ0) is 18.1. The molecule has 3 aliphatic rings. The molecule has 0 spiro atoms. The van der Waals surface area contributed by atoms with Crippen LogP contribution in [0.3, 0.4) is 0 Å². The van der Waals surface area contributed by atoms with Crippen LogP contribution >= 0.6 is 0 Å². The number of amidine groups is 1. The Bertz CT molecular complexity index is 845. The van der Waals surface area contributed by atoms with Gasteiger partial charge in [0.2, 0.25) is 5.91 Å². The van der Waals surface area contributed by atoms with Crippen LogP contribution in [0.25, 0.3) is 0 Å². The van der Waals surface area contributed by atoms with Crippen molar-refractivity contribution in [1.29, 1.82) is 0 Å². The molecule has 26 heavy (non-hydrogen) atoms.